The molecule has 2 rings (SSSR count). The molecule has 0 bridgehead atoms. The lowest BCUT2D eigenvalue weighted by Crippen LogP contribution is -2.46. The first-order valence-corrected chi connectivity index (χ1v) is 13.9. The highest BCUT2D eigenvalue weighted by Gasteiger charge is 2.43. The molecule has 0 aliphatic carbocycles. The van der Waals surface area contributed by atoms with Crippen molar-refractivity contribution in [3.05, 3.63) is 33.3 Å². The van der Waals surface area contributed by atoms with Crippen LogP contribution in [-0.2, 0) is 20.9 Å². The number of nitrogens with two attached hydrogens (primary N) is 1. The summed E-state index contributed by atoms with van der Waals surface area (Å²) in [5.41, 5.74) is 7.27. The number of esters is 1. The van der Waals surface area contributed by atoms with Crippen molar-refractivity contribution in [1.29, 1.82) is 0 Å². The van der Waals surface area contributed by atoms with Crippen LogP contribution in [0.2, 0.25) is 0 Å². The summed E-state index contributed by atoms with van der Waals surface area (Å²) < 4.78 is 5.84. The van der Waals surface area contributed by atoms with E-state index in [0.29, 0.717) is 19.4 Å². The van der Waals surface area contributed by atoms with Crippen LogP contribution in [0.4, 0.5) is 0 Å². The molecule has 8 heteroatoms. The highest BCUT2D eigenvalue weighted by Crippen LogP contribution is 2.34. The molecule has 202 valence electrons. The minimum absolute atomic E-state index is 0.0491. The van der Waals surface area contributed by atoms with E-state index in [2.05, 4.69) is 18.0 Å². The fourth-order valence-electron chi connectivity index (χ4n) is 4.66. The third-order valence-corrected chi connectivity index (χ3v) is 8.30. The van der Waals surface area contributed by atoms with Gasteiger partial charge in [-0.2, -0.15) is 0 Å². The minimum atomic E-state index is -1.23. The number of carbonyl (C=O) groups excluding carboxylic acids is 2. The zero-order chi connectivity index (χ0) is 27.0. The lowest BCUT2D eigenvalue weighted by Gasteiger charge is -2.35. The van der Waals surface area contributed by atoms with E-state index in [1.54, 1.807) is 13.8 Å². The van der Waals surface area contributed by atoms with Crippen LogP contribution in [0.5, 0.6) is 0 Å². The van der Waals surface area contributed by atoms with Crippen LogP contribution in [-0.4, -0.2) is 45.3 Å². The summed E-state index contributed by atoms with van der Waals surface area (Å²) in [6.45, 7) is 11.5. The molecule has 5 unspecified atom stereocenters. The monoisotopic (exact) mass is 520 g/mol. The number of aliphatic hydroxyl groups excluding tert-OH is 2. The van der Waals surface area contributed by atoms with E-state index in [0.717, 1.165) is 35.5 Å². The second-order valence-corrected chi connectivity index (χ2v) is 11.6. The second kappa shape index (κ2) is 13.6. The third kappa shape index (κ3) is 8.07. The summed E-state index contributed by atoms with van der Waals surface area (Å²) in [6.07, 6.45) is 4.67. The average molecular weight is 521 g/mol. The number of ketones is 1. The summed E-state index contributed by atoms with van der Waals surface area (Å²) in [5.74, 6) is -1.44. The number of hydrogen-bond donors (Lipinski definition) is 3. The van der Waals surface area contributed by atoms with Crippen LogP contribution >= 0.6 is 11.3 Å². The van der Waals surface area contributed by atoms with Crippen molar-refractivity contribution in [1.82, 2.24) is 4.98 Å². The van der Waals surface area contributed by atoms with Gasteiger partial charge in [0.25, 0.3) is 0 Å². The number of Topliss-reactive ketones (excluding diaryl/α,β-unsaturated/α-hetero) is 1. The van der Waals surface area contributed by atoms with Crippen LogP contribution in [0.15, 0.2) is 22.6 Å². The third-order valence-electron chi connectivity index (χ3n) is 7.41. The number of hydrogen-bond acceptors (Lipinski definition) is 8. The second-order valence-electron chi connectivity index (χ2n) is 10.7. The Kier molecular flexibility index (Phi) is 11.5. The van der Waals surface area contributed by atoms with Crippen LogP contribution < -0.4 is 5.73 Å². The van der Waals surface area contributed by atoms with E-state index >= 15 is 0 Å². The molecule has 2 heterocycles. The van der Waals surface area contributed by atoms with Gasteiger partial charge in [0.15, 0.2) is 0 Å². The molecule has 5 atom stereocenters. The average Bonchev–Trinajstić information content (AvgIpc) is 3.28. The van der Waals surface area contributed by atoms with Crippen molar-refractivity contribution in [2.45, 2.75) is 105 Å². The summed E-state index contributed by atoms with van der Waals surface area (Å²) in [5, 5.41) is 24.6. The van der Waals surface area contributed by atoms with Gasteiger partial charge in [0.1, 0.15) is 16.9 Å². The molecule has 36 heavy (non-hydrogen) atoms. The smallest absolute Gasteiger partial charge is 0.309 e. The van der Waals surface area contributed by atoms with Gasteiger partial charge in [-0.25, -0.2) is 4.98 Å². The number of aromatic nitrogens is 1. The highest BCUT2D eigenvalue weighted by molar-refractivity contribution is 7.09. The maximum absolute atomic E-state index is 13.4. The first-order chi connectivity index (χ1) is 16.9. The maximum Gasteiger partial charge on any atom is 0.309 e. The molecular formula is C28H44N2O5S. The number of aliphatic hydroxyl groups is 2. The SMILES string of the molecule is CCC1C(=O)C(C)(C)C(O)CC(=O)OC(C(C)=Cc2csc(CN)n2)C/C=C(\C)CCCC(C)C1O. The predicted molar refractivity (Wildman–Crippen MR) is 144 cm³/mol. The number of thiazole rings is 1. The molecule has 0 spiro atoms. The van der Waals surface area contributed by atoms with Crippen molar-refractivity contribution in [3.63, 3.8) is 0 Å². The van der Waals surface area contributed by atoms with E-state index in [-0.39, 0.29) is 18.1 Å². The minimum Gasteiger partial charge on any atom is -0.457 e. The van der Waals surface area contributed by atoms with Crippen LogP contribution in [0.25, 0.3) is 6.08 Å². The molecule has 1 aromatic rings. The van der Waals surface area contributed by atoms with Gasteiger partial charge < -0.3 is 20.7 Å². The van der Waals surface area contributed by atoms with Gasteiger partial charge >= 0.3 is 5.97 Å². The molecule has 0 saturated heterocycles. The molecule has 4 N–H and O–H groups in total. The topological polar surface area (TPSA) is 123 Å². The predicted octanol–water partition coefficient (Wildman–Crippen LogP) is 4.81. The summed E-state index contributed by atoms with van der Waals surface area (Å²) in [6, 6.07) is 0. The Balaban J connectivity index is 2.35. The molecule has 0 aromatic carbocycles. The molecule has 0 amide bonds. The lowest BCUT2D eigenvalue weighted by molar-refractivity contribution is -0.154. The Morgan fingerprint density at radius 2 is 2.03 bits per heavy atom. The molecule has 0 radical (unpaired) electrons. The quantitative estimate of drug-likeness (QED) is 0.385. The Hall–Kier alpha value is -1.87. The van der Waals surface area contributed by atoms with Crippen LogP contribution in [0, 0.1) is 17.3 Å². The summed E-state index contributed by atoms with van der Waals surface area (Å²) in [7, 11) is 0. The lowest BCUT2D eigenvalue weighted by atomic mass is 9.71. The number of carbonyl (C=O) groups is 2. The van der Waals surface area contributed by atoms with E-state index in [1.165, 1.54) is 16.9 Å². The molecule has 1 aliphatic heterocycles. The highest BCUT2D eigenvalue weighted by atomic mass is 32.1. The molecule has 1 aromatic heterocycles. The summed E-state index contributed by atoms with van der Waals surface area (Å²) in [4.78, 5) is 30.8. The van der Waals surface area contributed by atoms with E-state index < -0.39 is 35.6 Å². The van der Waals surface area contributed by atoms with Gasteiger partial charge in [0.2, 0.25) is 0 Å². The van der Waals surface area contributed by atoms with E-state index in [9.17, 15) is 19.8 Å². The Labute approximate surface area is 219 Å². The van der Waals surface area contributed by atoms with E-state index in [1.807, 2.05) is 32.2 Å². The molecule has 0 fully saturated rings. The normalized spacial score (nSPS) is 31.0. The number of nitrogens with zero attached hydrogens (tertiary/aromatic N) is 1. The fourth-order valence-corrected chi connectivity index (χ4v) is 5.29. The van der Waals surface area contributed by atoms with Gasteiger partial charge in [-0.05, 0) is 57.1 Å². The van der Waals surface area contributed by atoms with Crippen molar-refractivity contribution in [2.75, 3.05) is 0 Å². The molecule has 7 nitrogen and oxygen atoms in total. The van der Waals surface area contributed by atoms with Crippen molar-refractivity contribution in [3.8, 4) is 0 Å². The zero-order valence-electron chi connectivity index (χ0n) is 22.6. The number of cyclic esters (lactones) is 1. The van der Waals surface area contributed by atoms with Gasteiger partial charge in [-0.1, -0.05) is 39.3 Å². The number of rotatable bonds is 4. The maximum atomic E-state index is 13.4. The van der Waals surface area contributed by atoms with Gasteiger partial charge in [-0.3, -0.25) is 9.59 Å². The summed E-state index contributed by atoms with van der Waals surface area (Å²) >= 11 is 1.48. The first-order valence-electron chi connectivity index (χ1n) is 13.0. The Bertz CT molecular complexity index is 951. The van der Waals surface area contributed by atoms with Gasteiger partial charge in [-0.15, -0.1) is 11.3 Å². The van der Waals surface area contributed by atoms with Gasteiger partial charge in [0.05, 0.1) is 29.7 Å². The standard InChI is InChI=1S/C28H44N2O5S/c1-7-21-26(33)18(3)10-8-9-17(2)11-12-22(19(4)13-20-16-36-24(15-29)30-20)35-25(32)14-23(31)28(5,6)27(21)34/h11,13,16,18,21-23,26,31,33H,7-10,12,14-15,29H2,1-6H3/b17-11+,19-13?. The van der Waals surface area contributed by atoms with Crippen LogP contribution in [0.1, 0.15) is 90.8 Å². The fraction of sp³-hybridized carbons (Fsp3) is 0.679. The Morgan fingerprint density at radius 3 is 2.64 bits per heavy atom. The van der Waals surface area contributed by atoms with Gasteiger partial charge in [0, 0.05) is 24.3 Å². The zero-order valence-corrected chi connectivity index (χ0v) is 23.4. The Morgan fingerprint density at radius 1 is 1.33 bits per heavy atom. The number of allylic oxidation sites excluding steroid dienone is 1. The largest absolute Gasteiger partial charge is 0.457 e. The van der Waals surface area contributed by atoms with Crippen molar-refractivity contribution in [2.24, 2.45) is 23.0 Å². The molecule has 1 aliphatic rings. The van der Waals surface area contributed by atoms with Crippen molar-refractivity contribution >= 4 is 29.2 Å². The van der Waals surface area contributed by atoms with E-state index in [4.69, 9.17) is 10.5 Å². The number of ether oxygens (including phenoxy) is 1. The van der Waals surface area contributed by atoms with Crippen LogP contribution in [0.3, 0.4) is 0 Å². The first kappa shape index (κ1) is 30.4. The molecule has 0 saturated carbocycles. The van der Waals surface area contributed by atoms with Crippen molar-refractivity contribution < 1.29 is 24.5 Å². The molecular weight excluding hydrogens is 476 g/mol.